The summed E-state index contributed by atoms with van der Waals surface area (Å²) in [7, 11) is 0. The highest BCUT2D eigenvalue weighted by atomic mass is 16.5. The average Bonchev–Trinajstić information content (AvgIpc) is 2.50. The van der Waals surface area contributed by atoms with Gasteiger partial charge in [-0.05, 0) is 37.1 Å². The van der Waals surface area contributed by atoms with Crippen molar-refractivity contribution in [2.75, 3.05) is 0 Å². The summed E-state index contributed by atoms with van der Waals surface area (Å²) in [4.78, 5) is 4.62. The molecule has 0 saturated carbocycles. The van der Waals surface area contributed by atoms with Crippen LogP contribution in [0.25, 0.3) is 10.9 Å². The van der Waals surface area contributed by atoms with E-state index in [1.807, 2.05) is 62.4 Å². The smallest absolute Gasteiger partial charge is 0.224 e. The van der Waals surface area contributed by atoms with Gasteiger partial charge in [-0.2, -0.15) is 0 Å². The van der Waals surface area contributed by atoms with E-state index in [1.54, 1.807) is 0 Å². The lowest BCUT2D eigenvalue weighted by atomic mass is 10.1. The molecular formula is C18H18N2O. The molecule has 0 radical (unpaired) electrons. The highest BCUT2D eigenvalue weighted by molar-refractivity contribution is 5.80. The number of nitrogens with two attached hydrogens (primary N) is 1. The molecule has 2 N–H and O–H groups in total. The van der Waals surface area contributed by atoms with Crippen LogP contribution < -0.4 is 10.5 Å². The van der Waals surface area contributed by atoms with Crippen molar-refractivity contribution >= 4 is 10.9 Å². The van der Waals surface area contributed by atoms with E-state index in [-0.39, 0.29) is 0 Å². The molecule has 0 aliphatic rings. The molecule has 3 aromatic rings. The number of nitrogens with zero attached hydrogens (tertiary/aromatic N) is 1. The number of aryl methyl sites for hydroxylation is 2. The fourth-order valence-electron chi connectivity index (χ4n) is 2.43. The van der Waals surface area contributed by atoms with Crippen LogP contribution in [0.3, 0.4) is 0 Å². The molecule has 3 rings (SSSR count). The summed E-state index contributed by atoms with van der Waals surface area (Å²) in [6, 6.07) is 16.1. The van der Waals surface area contributed by atoms with Crippen molar-refractivity contribution in [2.45, 2.75) is 20.4 Å². The van der Waals surface area contributed by atoms with Gasteiger partial charge in [0.2, 0.25) is 5.88 Å². The molecule has 2 aromatic carbocycles. The van der Waals surface area contributed by atoms with Crippen molar-refractivity contribution in [3.05, 3.63) is 65.2 Å². The van der Waals surface area contributed by atoms with E-state index >= 15 is 0 Å². The van der Waals surface area contributed by atoms with Gasteiger partial charge in [0, 0.05) is 17.5 Å². The summed E-state index contributed by atoms with van der Waals surface area (Å²) in [5.41, 5.74) is 9.86. The number of fused-ring (bicyclic) bond motifs is 1. The third-order valence-electron chi connectivity index (χ3n) is 3.59. The standard InChI is InChI=1S/C18H18N2O/c1-12-6-5-7-13(2)17(12)21-18-15(11-19)10-14-8-3-4-9-16(14)20-18/h3-10H,11,19H2,1-2H3. The van der Waals surface area contributed by atoms with Crippen molar-refractivity contribution in [1.82, 2.24) is 4.98 Å². The molecule has 106 valence electrons. The SMILES string of the molecule is Cc1cccc(C)c1Oc1nc2ccccc2cc1CN. The highest BCUT2D eigenvalue weighted by Gasteiger charge is 2.11. The minimum atomic E-state index is 0.401. The largest absolute Gasteiger partial charge is 0.438 e. The van der Waals surface area contributed by atoms with Crippen LogP contribution in [0.5, 0.6) is 11.6 Å². The summed E-state index contributed by atoms with van der Waals surface area (Å²) in [6.45, 7) is 4.47. The van der Waals surface area contributed by atoms with Gasteiger partial charge in [-0.25, -0.2) is 4.98 Å². The van der Waals surface area contributed by atoms with Crippen LogP contribution in [0.15, 0.2) is 48.5 Å². The Labute approximate surface area is 124 Å². The maximum absolute atomic E-state index is 6.08. The van der Waals surface area contributed by atoms with Crippen molar-refractivity contribution < 1.29 is 4.74 Å². The quantitative estimate of drug-likeness (QED) is 0.784. The van der Waals surface area contributed by atoms with E-state index in [1.165, 1.54) is 0 Å². The lowest BCUT2D eigenvalue weighted by Gasteiger charge is -2.14. The van der Waals surface area contributed by atoms with Crippen LogP contribution in [-0.2, 0) is 6.54 Å². The van der Waals surface area contributed by atoms with Gasteiger partial charge >= 0.3 is 0 Å². The van der Waals surface area contributed by atoms with Crippen molar-refractivity contribution in [3.63, 3.8) is 0 Å². The van der Waals surface area contributed by atoms with Crippen LogP contribution in [0.1, 0.15) is 16.7 Å². The van der Waals surface area contributed by atoms with Crippen molar-refractivity contribution in [3.8, 4) is 11.6 Å². The molecule has 3 heteroatoms. The first-order valence-electron chi connectivity index (χ1n) is 7.02. The van der Waals surface area contributed by atoms with Gasteiger partial charge in [0.05, 0.1) is 5.52 Å². The Morgan fingerprint density at radius 2 is 1.71 bits per heavy atom. The predicted molar refractivity (Wildman–Crippen MR) is 85.6 cm³/mol. The molecular weight excluding hydrogens is 260 g/mol. The zero-order valence-electron chi connectivity index (χ0n) is 12.3. The molecule has 21 heavy (non-hydrogen) atoms. The summed E-state index contributed by atoms with van der Waals surface area (Å²) in [5.74, 6) is 1.45. The van der Waals surface area contributed by atoms with Crippen LogP contribution in [0, 0.1) is 13.8 Å². The van der Waals surface area contributed by atoms with Crippen molar-refractivity contribution in [1.29, 1.82) is 0 Å². The lowest BCUT2D eigenvalue weighted by molar-refractivity contribution is 0.452. The van der Waals surface area contributed by atoms with E-state index in [2.05, 4.69) is 4.98 Å². The molecule has 0 spiro atoms. The van der Waals surface area contributed by atoms with E-state index in [0.29, 0.717) is 12.4 Å². The molecule has 0 fully saturated rings. The molecule has 1 heterocycles. The summed E-state index contributed by atoms with van der Waals surface area (Å²) in [6.07, 6.45) is 0. The fourth-order valence-corrected chi connectivity index (χ4v) is 2.43. The Balaban J connectivity index is 2.11. The first-order chi connectivity index (χ1) is 10.2. The topological polar surface area (TPSA) is 48.1 Å². The highest BCUT2D eigenvalue weighted by Crippen LogP contribution is 2.31. The number of benzene rings is 2. The zero-order chi connectivity index (χ0) is 14.8. The third kappa shape index (κ3) is 2.60. The maximum Gasteiger partial charge on any atom is 0.224 e. The van der Waals surface area contributed by atoms with E-state index in [4.69, 9.17) is 10.5 Å². The number of pyridine rings is 1. The first kappa shape index (κ1) is 13.6. The monoisotopic (exact) mass is 278 g/mol. The number of aromatic nitrogens is 1. The third-order valence-corrected chi connectivity index (χ3v) is 3.59. The predicted octanol–water partition coefficient (Wildman–Crippen LogP) is 4.10. The fraction of sp³-hybridized carbons (Fsp3) is 0.167. The normalized spacial score (nSPS) is 10.8. The molecule has 0 aliphatic carbocycles. The summed E-state index contributed by atoms with van der Waals surface area (Å²) >= 11 is 0. The molecule has 0 amide bonds. The number of para-hydroxylation sites is 2. The maximum atomic E-state index is 6.08. The number of hydrogen-bond acceptors (Lipinski definition) is 3. The van der Waals surface area contributed by atoms with Gasteiger partial charge in [-0.15, -0.1) is 0 Å². The van der Waals surface area contributed by atoms with E-state index in [0.717, 1.165) is 33.3 Å². The Kier molecular flexibility index (Phi) is 3.59. The average molecular weight is 278 g/mol. The molecule has 0 bridgehead atoms. The molecule has 0 atom stereocenters. The lowest BCUT2D eigenvalue weighted by Crippen LogP contribution is -2.03. The summed E-state index contributed by atoms with van der Waals surface area (Å²) in [5, 5.41) is 1.08. The van der Waals surface area contributed by atoms with Gasteiger partial charge in [-0.1, -0.05) is 36.4 Å². The van der Waals surface area contributed by atoms with Gasteiger partial charge in [0.25, 0.3) is 0 Å². The van der Waals surface area contributed by atoms with E-state index in [9.17, 15) is 0 Å². The van der Waals surface area contributed by atoms with Crippen LogP contribution in [0.4, 0.5) is 0 Å². The second kappa shape index (κ2) is 5.54. The number of rotatable bonds is 3. The van der Waals surface area contributed by atoms with E-state index < -0.39 is 0 Å². The minimum absolute atomic E-state index is 0.401. The van der Waals surface area contributed by atoms with Gasteiger partial charge in [0.1, 0.15) is 5.75 Å². The van der Waals surface area contributed by atoms with Gasteiger partial charge in [0.15, 0.2) is 0 Å². The molecule has 0 aliphatic heterocycles. The Morgan fingerprint density at radius 3 is 2.43 bits per heavy atom. The second-order valence-corrected chi connectivity index (χ2v) is 5.17. The van der Waals surface area contributed by atoms with Crippen LogP contribution in [-0.4, -0.2) is 4.98 Å². The zero-order valence-corrected chi connectivity index (χ0v) is 12.3. The Morgan fingerprint density at radius 1 is 1.00 bits per heavy atom. The van der Waals surface area contributed by atoms with Crippen LogP contribution in [0.2, 0.25) is 0 Å². The van der Waals surface area contributed by atoms with Gasteiger partial charge in [-0.3, -0.25) is 0 Å². The minimum Gasteiger partial charge on any atom is -0.438 e. The molecule has 0 unspecified atom stereocenters. The molecule has 1 aromatic heterocycles. The number of ether oxygens (including phenoxy) is 1. The molecule has 3 nitrogen and oxygen atoms in total. The van der Waals surface area contributed by atoms with Gasteiger partial charge < -0.3 is 10.5 Å². The number of hydrogen-bond donors (Lipinski definition) is 1. The first-order valence-corrected chi connectivity index (χ1v) is 7.02. The second-order valence-electron chi connectivity index (χ2n) is 5.17. The summed E-state index contributed by atoms with van der Waals surface area (Å²) < 4.78 is 6.08. The van der Waals surface area contributed by atoms with Crippen LogP contribution >= 0.6 is 0 Å². The Hall–Kier alpha value is -2.39. The molecule has 0 saturated heterocycles. The van der Waals surface area contributed by atoms with Crippen molar-refractivity contribution in [2.24, 2.45) is 5.73 Å². The Bertz CT molecular complexity index is 776.